The van der Waals surface area contributed by atoms with Crippen LogP contribution < -0.4 is 5.32 Å². The van der Waals surface area contributed by atoms with Crippen LogP contribution in [0.2, 0.25) is 0 Å². The Morgan fingerprint density at radius 2 is 1.13 bits per heavy atom. The van der Waals surface area contributed by atoms with Gasteiger partial charge in [0.1, 0.15) is 0 Å². The minimum atomic E-state index is -0.339. The monoisotopic (exact) mass is 405 g/mol. The van der Waals surface area contributed by atoms with E-state index in [1.165, 1.54) is 0 Å². The lowest BCUT2D eigenvalue weighted by Gasteiger charge is -2.11. The predicted octanol–water partition coefficient (Wildman–Crippen LogP) is 5.16. The largest absolute Gasteiger partial charge is 0.335 e. The highest BCUT2D eigenvalue weighted by atomic mass is 16.2. The van der Waals surface area contributed by atoms with E-state index in [4.69, 9.17) is 0 Å². The van der Waals surface area contributed by atoms with Gasteiger partial charge in [-0.15, -0.1) is 13.2 Å². The first kappa shape index (κ1) is 17.7. The lowest BCUT2D eigenvalue weighted by Crippen LogP contribution is -2.20. The number of imide groups is 1. The van der Waals surface area contributed by atoms with Crippen molar-refractivity contribution < 1.29 is 9.59 Å². The van der Waals surface area contributed by atoms with Crippen molar-refractivity contribution in [2.24, 2.45) is 0 Å². The van der Waals surface area contributed by atoms with Gasteiger partial charge in [-0.05, 0) is 12.1 Å². The number of amides is 2. The van der Waals surface area contributed by atoms with E-state index in [-0.39, 0.29) is 11.8 Å². The summed E-state index contributed by atoms with van der Waals surface area (Å²) in [6, 6.07) is 16.0. The smallest absolute Gasteiger partial charge is 0.259 e. The Bertz CT molecular complexity index is 1510. The third-order valence-electron chi connectivity index (χ3n) is 6.22. The molecule has 31 heavy (non-hydrogen) atoms. The molecule has 0 unspecified atom stereocenters. The zero-order chi connectivity index (χ0) is 21.3. The van der Waals surface area contributed by atoms with Crippen LogP contribution in [0.4, 0.5) is 0 Å². The summed E-state index contributed by atoms with van der Waals surface area (Å²) in [5.74, 6) is -0.678. The van der Waals surface area contributed by atoms with Gasteiger partial charge in [0.15, 0.2) is 0 Å². The quantitative estimate of drug-likeness (QED) is 0.332. The van der Waals surface area contributed by atoms with Crippen molar-refractivity contribution in [3.05, 3.63) is 85.0 Å². The molecular formula is C26H19N3O2. The number of hydrogen-bond donors (Lipinski definition) is 1. The third-order valence-corrected chi connectivity index (χ3v) is 6.22. The zero-order valence-electron chi connectivity index (χ0n) is 16.8. The van der Waals surface area contributed by atoms with Gasteiger partial charge >= 0.3 is 0 Å². The Morgan fingerprint density at radius 3 is 1.55 bits per heavy atom. The standard InChI is InChI=1S/C26H19N3O2/c1-3-13-28-17-11-7-5-9-15(17)19-21-22(26(31)27-25(21)30)20-16-10-6-8-12-18(16)29(14-4-2)24(20)23(19)28/h3-12H,1-2,13-14H2,(H,27,30,31). The van der Waals surface area contributed by atoms with Gasteiger partial charge in [-0.2, -0.15) is 0 Å². The second-order valence-corrected chi connectivity index (χ2v) is 7.81. The Kier molecular flexibility index (Phi) is 3.54. The van der Waals surface area contributed by atoms with Crippen molar-refractivity contribution in [3.63, 3.8) is 0 Å². The van der Waals surface area contributed by atoms with Crippen LogP contribution in [0.3, 0.4) is 0 Å². The molecule has 0 bridgehead atoms. The van der Waals surface area contributed by atoms with Crippen LogP contribution in [-0.4, -0.2) is 20.9 Å². The summed E-state index contributed by atoms with van der Waals surface area (Å²) in [7, 11) is 0. The van der Waals surface area contributed by atoms with Crippen LogP contribution in [0, 0.1) is 0 Å². The normalized spacial score (nSPS) is 13.4. The molecule has 0 saturated carbocycles. The molecule has 0 aliphatic carbocycles. The van der Waals surface area contributed by atoms with E-state index >= 15 is 0 Å². The zero-order valence-corrected chi connectivity index (χ0v) is 16.8. The number of benzene rings is 3. The number of fused-ring (bicyclic) bond motifs is 10. The van der Waals surface area contributed by atoms with Gasteiger partial charge in [-0.3, -0.25) is 14.9 Å². The van der Waals surface area contributed by atoms with Crippen LogP contribution in [0.5, 0.6) is 0 Å². The van der Waals surface area contributed by atoms with Gasteiger partial charge in [0, 0.05) is 45.7 Å². The van der Waals surface area contributed by atoms with E-state index in [0.29, 0.717) is 24.2 Å². The van der Waals surface area contributed by atoms with Gasteiger partial charge in [0.25, 0.3) is 11.8 Å². The molecule has 0 atom stereocenters. The van der Waals surface area contributed by atoms with Crippen molar-refractivity contribution in [3.8, 4) is 0 Å². The minimum absolute atomic E-state index is 0.339. The lowest BCUT2D eigenvalue weighted by atomic mass is 9.96. The molecule has 5 nitrogen and oxygen atoms in total. The Balaban J connectivity index is 2.05. The second kappa shape index (κ2) is 6.19. The summed E-state index contributed by atoms with van der Waals surface area (Å²) in [4.78, 5) is 26.1. The van der Waals surface area contributed by atoms with Gasteiger partial charge in [-0.25, -0.2) is 0 Å². The summed E-state index contributed by atoms with van der Waals surface area (Å²) < 4.78 is 4.38. The first-order valence-corrected chi connectivity index (χ1v) is 10.2. The molecule has 0 spiro atoms. The molecule has 0 fully saturated rings. The fourth-order valence-corrected chi connectivity index (χ4v) is 5.18. The molecule has 1 N–H and O–H groups in total. The van der Waals surface area contributed by atoms with Crippen LogP contribution in [0.25, 0.3) is 43.6 Å². The van der Waals surface area contributed by atoms with Gasteiger partial charge in [-0.1, -0.05) is 48.6 Å². The van der Waals surface area contributed by atoms with Crippen LogP contribution >= 0.6 is 0 Å². The summed E-state index contributed by atoms with van der Waals surface area (Å²) in [6.45, 7) is 9.08. The van der Waals surface area contributed by atoms with E-state index in [2.05, 4.69) is 27.6 Å². The van der Waals surface area contributed by atoms with E-state index in [9.17, 15) is 9.59 Å². The molecule has 2 amide bonds. The van der Waals surface area contributed by atoms with E-state index in [1.54, 1.807) is 0 Å². The summed E-state index contributed by atoms with van der Waals surface area (Å²) in [5, 5.41) is 6.09. The Morgan fingerprint density at radius 1 is 0.710 bits per heavy atom. The Labute approximate surface area is 177 Å². The summed E-state index contributed by atoms with van der Waals surface area (Å²) in [5.41, 5.74) is 4.83. The fraction of sp³-hybridized carbons (Fsp3) is 0.0769. The average Bonchev–Trinajstić information content (AvgIpc) is 3.38. The molecular weight excluding hydrogens is 386 g/mol. The second-order valence-electron chi connectivity index (χ2n) is 7.81. The minimum Gasteiger partial charge on any atom is -0.335 e. The maximum absolute atomic E-state index is 13.0. The topological polar surface area (TPSA) is 56.0 Å². The van der Waals surface area contributed by atoms with Crippen molar-refractivity contribution in [1.82, 2.24) is 14.5 Å². The first-order valence-electron chi connectivity index (χ1n) is 10.2. The number of hydrogen-bond acceptors (Lipinski definition) is 2. The maximum atomic E-state index is 13.0. The summed E-state index contributed by atoms with van der Waals surface area (Å²) in [6.07, 6.45) is 3.72. The number of carbonyl (C=O) groups excluding carboxylic acids is 2. The van der Waals surface area contributed by atoms with E-state index in [0.717, 1.165) is 43.6 Å². The SMILES string of the molecule is C=CCn1c2ccccc2c2c3c(c4c5ccccc5n(CC=C)c4c21)C(=O)NC3=O. The molecule has 0 saturated heterocycles. The molecule has 5 aromatic rings. The number of rotatable bonds is 4. The highest BCUT2D eigenvalue weighted by Gasteiger charge is 2.36. The molecule has 2 aromatic heterocycles. The molecule has 3 heterocycles. The van der Waals surface area contributed by atoms with E-state index < -0.39 is 0 Å². The number of allylic oxidation sites excluding steroid dienone is 2. The number of para-hydroxylation sites is 2. The van der Waals surface area contributed by atoms with Crippen LogP contribution in [-0.2, 0) is 13.1 Å². The van der Waals surface area contributed by atoms with Crippen molar-refractivity contribution in [1.29, 1.82) is 0 Å². The summed E-state index contributed by atoms with van der Waals surface area (Å²) >= 11 is 0. The Hall–Kier alpha value is -4.12. The third kappa shape index (κ3) is 2.10. The molecule has 0 radical (unpaired) electrons. The number of carbonyl (C=O) groups is 2. The fourth-order valence-electron chi connectivity index (χ4n) is 5.18. The number of nitrogens with one attached hydrogen (secondary N) is 1. The van der Waals surface area contributed by atoms with Crippen molar-refractivity contribution in [2.45, 2.75) is 13.1 Å². The first-order chi connectivity index (χ1) is 15.2. The van der Waals surface area contributed by atoms with Crippen molar-refractivity contribution >= 4 is 55.4 Å². The molecule has 1 aliphatic rings. The van der Waals surface area contributed by atoms with Gasteiger partial charge < -0.3 is 9.13 Å². The van der Waals surface area contributed by atoms with Crippen molar-refractivity contribution in [2.75, 3.05) is 0 Å². The molecule has 5 heteroatoms. The van der Waals surface area contributed by atoms with E-state index in [1.807, 2.05) is 60.7 Å². The number of nitrogens with zero attached hydrogens (tertiary/aromatic N) is 2. The predicted molar refractivity (Wildman–Crippen MR) is 125 cm³/mol. The molecule has 6 rings (SSSR count). The highest BCUT2D eigenvalue weighted by Crippen LogP contribution is 2.44. The number of aromatic nitrogens is 2. The lowest BCUT2D eigenvalue weighted by molar-refractivity contribution is 0.0880. The van der Waals surface area contributed by atoms with Gasteiger partial charge in [0.05, 0.1) is 22.2 Å². The molecule has 150 valence electrons. The molecule has 1 aliphatic heterocycles. The highest BCUT2D eigenvalue weighted by molar-refractivity contribution is 6.39. The maximum Gasteiger partial charge on any atom is 0.259 e. The average molecular weight is 405 g/mol. The molecule has 3 aromatic carbocycles. The van der Waals surface area contributed by atoms with Gasteiger partial charge in [0.2, 0.25) is 0 Å². The van der Waals surface area contributed by atoms with Crippen LogP contribution in [0.15, 0.2) is 73.8 Å². The van der Waals surface area contributed by atoms with Crippen LogP contribution in [0.1, 0.15) is 20.7 Å².